The number of hydrogen-bond donors (Lipinski definition) is 4. The van der Waals surface area contributed by atoms with Crippen LogP contribution in [0.3, 0.4) is 0 Å². The number of quaternary nitrogens is 2. The molecular weight excluding hydrogens is 384 g/mol. The molecule has 1 atom stereocenters. The first-order valence-electron chi connectivity index (χ1n) is 10.0. The average molecular weight is 415 g/mol. The van der Waals surface area contributed by atoms with E-state index in [4.69, 9.17) is 11.6 Å². The van der Waals surface area contributed by atoms with Crippen molar-refractivity contribution in [1.29, 1.82) is 0 Å². The van der Waals surface area contributed by atoms with Gasteiger partial charge in [-0.1, -0.05) is 30.9 Å². The van der Waals surface area contributed by atoms with Gasteiger partial charge in [0.2, 0.25) is 0 Å². The number of rotatable bonds is 5. The molecule has 2 aliphatic rings. The van der Waals surface area contributed by atoms with Crippen LogP contribution in [-0.4, -0.2) is 50.2 Å². The van der Waals surface area contributed by atoms with Crippen molar-refractivity contribution in [2.45, 2.75) is 57.7 Å². The summed E-state index contributed by atoms with van der Waals surface area (Å²) in [5.74, 6) is -0.174. The van der Waals surface area contributed by atoms with Crippen LogP contribution in [0.5, 0.6) is 0 Å². The van der Waals surface area contributed by atoms with Gasteiger partial charge in [0.25, 0.3) is 5.91 Å². The van der Waals surface area contributed by atoms with E-state index in [-0.39, 0.29) is 24.0 Å². The second-order valence-corrected chi connectivity index (χ2v) is 9.61. The molecule has 1 aliphatic heterocycles. The Labute approximate surface area is 170 Å². The molecule has 8 heteroatoms. The van der Waals surface area contributed by atoms with Gasteiger partial charge >= 0.3 is 6.03 Å². The number of carbonyl (C=O) groups is 2. The predicted octanol–water partition coefficient (Wildman–Crippen LogP) is 0.232. The molecule has 2 heterocycles. The highest BCUT2D eigenvalue weighted by atomic mass is 35.5. The fourth-order valence-electron chi connectivity index (χ4n) is 4.10. The van der Waals surface area contributed by atoms with E-state index in [2.05, 4.69) is 16.7 Å². The monoisotopic (exact) mass is 414 g/mol. The van der Waals surface area contributed by atoms with E-state index in [0.717, 1.165) is 62.7 Å². The zero-order chi connectivity index (χ0) is 19.2. The number of piperazine rings is 1. The molecule has 3 rings (SSSR count). The van der Waals surface area contributed by atoms with E-state index >= 15 is 0 Å². The third-order valence-electron chi connectivity index (χ3n) is 5.84. The van der Waals surface area contributed by atoms with Crippen LogP contribution >= 0.6 is 22.9 Å². The van der Waals surface area contributed by atoms with Crippen LogP contribution in [0.1, 0.15) is 43.9 Å². The first-order valence-corrected chi connectivity index (χ1v) is 11.2. The van der Waals surface area contributed by atoms with E-state index < -0.39 is 0 Å². The van der Waals surface area contributed by atoms with Gasteiger partial charge in [-0.25, -0.2) is 4.79 Å². The standard InChI is InChI=1S/C19H29ClN4O2S/c1-14(18(25)22-19(26)21-15-5-3-2-4-6-15)24-11-9-23(10-12-24)13-16-7-8-17(20)27-16/h7-8,14-15H,2-6,9-13H2,1H3,(H2,21,22,25,26)/p+2/t14-/m1/s1. The lowest BCUT2D eigenvalue weighted by Crippen LogP contribution is -3.29. The van der Waals surface area contributed by atoms with Gasteiger partial charge in [0.15, 0.2) is 6.04 Å². The van der Waals surface area contributed by atoms with E-state index in [1.807, 2.05) is 13.0 Å². The Balaban J connectivity index is 1.39. The maximum atomic E-state index is 12.5. The van der Waals surface area contributed by atoms with Crippen molar-refractivity contribution in [2.75, 3.05) is 26.2 Å². The Morgan fingerprint density at radius 2 is 1.89 bits per heavy atom. The summed E-state index contributed by atoms with van der Waals surface area (Å²) < 4.78 is 0.838. The summed E-state index contributed by atoms with van der Waals surface area (Å²) in [5.41, 5.74) is 0. The molecule has 4 N–H and O–H groups in total. The van der Waals surface area contributed by atoms with Crippen LogP contribution in [0.4, 0.5) is 4.79 Å². The molecule has 27 heavy (non-hydrogen) atoms. The molecule has 0 bridgehead atoms. The number of thiophene rings is 1. The van der Waals surface area contributed by atoms with Gasteiger partial charge in [-0.05, 0) is 31.9 Å². The van der Waals surface area contributed by atoms with E-state index in [0.29, 0.717) is 0 Å². The maximum absolute atomic E-state index is 12.5. The molecule has 0 radical (unpaired) electrons. The molecule has 3 amide bonds. The van der Waals surface area contributed by atoms with Gasteiger partial charge in [-0.3, -0.25) is 10.1 Å². The van der Waals surface area contributed by atoms with E-state index in [9.17, 15) is 9.59 Å². The topological polar surface area (TPSA) is 67.1 Å². The van der Waals surface area contributed by atoms with Crippen LogP contribution in [0.15, 0.2) is 12.1 Å². The third-order valence-corrected chi connectivity index (χ3v) is 7.07. The molecule has 0 aromatic carbocycles. The van der Waals surface area contributed by atoms with Gasteiger partial charge in [-0.2, -0.15) is 0 Å². The minimum absolute atomic E-state index is 0.174. The average Bonchev–Trinajstić information content (AvgIpc) is 3.07. The second kappa shape index (κ2) is 9.87. The molecule has 0 spiro atoms. The lowest BCUT2D eigenvalue weighted by Gasteiger charge is -2.32. The minimum atomic E-state index is -0.336. The van der Waals surface area contributed by atoms with Gasteiger partial charge in [0.05, 0.1) is 9.21 Å². The Bertz CT molecular complexity index is 639. The number of imide groups is 1. The number of carbonyl (C=O) groups excluding carboxylic acids is 2. The Morgan fingerprint density at radius 3 is 2.52 bits per heavy atom. The third kappa shape index (κ3) is 6.17. The molecule has 1 aliphatic carbocycles. The summed E-state index contributed by atoms with van der Waals surface area (Å²) in [7, 11) is 0. The minimum Gasteiger partial charge on any atom is -0.335 e. The van der Waals surface area contributed by atoms with Crippen molar-refractivity contribution >= 4 is 34.9 Å². The maximum Gasteiger partial charge on any atom is 0.321 e. The van der Waals surface area contributed by atoms with Crippen LogP contribution < -0.4 is 20.4 Å². The van der Waals surface area contributed by atoms with Crippen LogP contribution in [-0.2, 0) is 11.3 Å². The second-order valence-electron chi connectivity index (χ2n) is 7.81. The Hall–Kier alpha value is -1.15. The quantitative estimate of drug-likeness (QED) is 0.557. The number of hydrogen-bond acceptors (Lipinski definition) is 3. The highest BCUT2D eigenvalue weighted by Crippen LogP contribution is 2.20. The predicted molar refractivity (Wildman–Crippen MR) is 107 cm³/mol. The van der Waals surface area contributed by atoms with Crippen molar-refractivity contribution < 1.29 is 19.4 Å². The first kappa shape index (κ1) is 20.6. The molecular formula is C19H31ClN4O2S+2. The summed E-state index contributed by atoms with van der Waals surface area (Å²) in [6, 6.07) is 3.72. The lowest BCUT2D eigenvalue weighted by molar-refractivity contribution is -1.02. The zero-order valence-electron chi connectivity index (χ0n) is 16.0. The van der Waals surface area contributed by atoms with Gasteiger partial charge < -0.3 is 15.1 Å². The van der Waals surface area contributed by atoms with Gasteiger partial charge in [-0.15, -0.1) is 11.3 Å². The highest BCUT2D eigenvalue weighted by Gasteiger charge is 2.32. The van der Waals surface area contributed by atoms with Crippen molar-refractivity contribution in [3.05, 3.63) is 21.3 Å². The van der Waals surface area contributed by atoms with Crippen molar-refractivity contribution in [2.24, 2.45) is 0 Å². The van der Waals surface area contributed by atoms with E-state index in [1.165, 1.54) is 21.1 Å². The molecule has 1 saturated carbocycles. The molecule has 1 saturated heterocycles. The number of halogens is 1. The van der Waals surface area contributed by atoms with E-state index in [1.54, 1.807) is 11.3 Å². The van der Waals surface area contributed by atoms with Crippen molar-refractivity contribution in [1.82, 2.24) is 10.6 Å². The number of nitrogens with one attached hydrogen (secondary N) is 4. The van der Waals surface area contributed by atoms with Crippen LogP contribution in [0.25, 0.3) is 0 Å². The fourth-order valence-corrected chi connectivity index (χ4v) is 5.26. The largest absolute Gasteiger partial charge is 0.335 e. The smallest absolute Gasteiger partial charge is 0.321 e. The summed E-state index contributed by atoms with van der Waals surface area (Å²) in [4.78, 5) is 28.6. The molecule has 2 fully saturated rings. The van der Waals surface area contributed by atoms with Crippen LogP contribution in [0.2, 0.25) is 4.34 Å². The molecule has 1 aromatic heterocycles. The molecule has 150 valence electrons. The zero-order valence-corrected chi connectivity index (χ0v) is 17.6. The van der Waals surface area contributed by atoms with Gasteiger partial charge in [0.1, 0.15) is 32.7 Å². The molecule has 0 unspecified atom stereocenters. The Kier molecular flexibility index (Phi) is 7.52. The normalized spacial score (nSPS) is 25.0. The summed E-state index contributed by atoms with van der Waals surface area (Å²) >= 11 is 7.65. The number of urea groups is 1. The van der Waals surface area contributed by atoms with Gasteiger partial charge in [0, 0.05) is 6.04 Å². The van der Waals surface area contributed by atoms with Crippen LogP contribution in [0, 0.1) is 0 Å². The number of amides is 3. The van der Waals surface area contributed by atoms with Crippen molar-refractivity contribution in [3.8, 4) is 0 Å². The summed E-state index contributed by atoms with van der Waals surface area (Å²) in [5, 5.41) is 5.50. The molecule has 1 aromatic rings. The summed E-state index contributed by atoms with van der Waals surface area (Å²) in [6.07, 6.45) is 5.59. The molecule has 6 nitrogen and oxygen atoms in total. The first-order chi connectivity index (χ1) is 13.0. The summed E-state index contributed by atoms with van der Waals surface area (Å²) in [6.45, 7) is 6.84. The lowest BCUT2D eigenvalue weighted by atomic mass is 9.96. The fraction of sp³-hybridized carbons (Fsp3) is 0.684. The van der Waals surface area contributed by atoms with Crippen molar-refractivity contribution in [3.63, 3.8) is 0 Å². The SMILES string of the molecule is C[C@H](C(=O)NC(=O)NC1CCCCC1)[NH+]1CC[NH+](Cc2ccc(Cl)s2)CC1. The highest BCUT2D eigenvalue weighted by molar-refractivity contribution is 7.16. The Morgan fingerprint density at radius 1 is 1.19 bits per heavy atom.